The smallest absolute Gasteiger partial charge is 0.351 e. The van der Waals surface area contributed by atoms with Gasteiger partial charge in [0.05, 0.1) is 7.11 Å². The fourth-order valence-electron chi connectivity index (χ4n) is 3.16. The van der Waals surface area contributed by atoms with Gasteiger partial charge >= 0.3 is 17.9 Å². The molecule has 164 valence electrons. The van der Waals surface area contributed by atoms with Crippen LogP contribution in [-0.2, 0) is 9.53 Å². The van der Waals surface area contributed by atoms with E-state index in [-0.39, 0.29) is 16.9 Å². The van der Waals surface area contributed by atoms with Gasteiger partial charge in [0.2, 0.25) is 6.10 Å². The second kappa shape index (κ2) is 9.04. The van der Waals surface area contributed by atoms with E-state index < -0.39 is 46.5 Å². The molecule has 0 saturated carbocycles. The van der Waals surface area contributed by atoms with Gasteiger partial charge in [-0.1, -0.05) is 42.5 Å². The lowest BCUT2D eigenvalue weighted by molar-refractivity contribution is -0.149. The van der Waals surface area contributed by atoms with Crippen molar-refractivity contribution in [3.63, 3.8) is 0 Å². The quantitative estimate of drug-likeness (QED) is 0.404. The summed E-state index contributed by atoms with van der Waals surface area (Å²) in [7, 11) is 1.23. The van der Waals surface area contributed by atoms with Crippen LogP contribution in [0.15, 0.2) is 59.4 Å². The summed E-state index contributed by atoms with van der Waals surface area (Å²) in [6, 6.07) is 14.2. The number of H-pyrrole nitrogens is 1. The summed E-state index contributed by atoms with van der Waals surface area (Å²) in [5.41, 5.74) is 3.60. The third-order valence-corrected chi connectivity index (χ3v) is 4.59. The lowest BCUT2D eigenvalue weighted by Gasteiger charge is -2.18. The number of aromatic amines is 1. The minimum Gasteiger partial charge on any atom is -0.478 e. The number of anilines is 1. The van der Waals surface area contributed by atoms with Crippen molar-refractivity contribution in [1.82, 2.24) is 4.98 Å². The maximum absolute atomic E-state index is 12.2. The van der Waals surface area contributed by atoms with Crippen LogP contribution < -0.4 is 16.0 Å². The highest BCUT2D eigenvalue weighted by Crippen LogP contribution is 2.31. The van der Waals surface area contributed by atoms with Crippen LogP contribution in [0.2, 0.25) is 0 Å². The number of esters is 1. The number of hydrogen-bond acceptors (Lipinski definition) is 7. The number of nitrogens with one attached hydrogen (secondary N) is 1. The number of nitrogens with two attached hydrogens (primary N) is 1. The van der Waals surface area contributed by atoms with Crippen molar-refractivity contribution in [2.45, 2.75) is 6.10 Å². The molecule has 3 aromatic rings. The highest BCUT2D eigenvalue weighted by molar-refractivity contribution is 6.07. The van der Waals surface area contributed by atoms with Crippen LogP contribution in [0, 0.1) is 0 Å². The second-order valence-corrected chi connectivity index (χ2v) is 6.56. The molecule has 0 aliphatic carbocycles. The molecule has 0 fully saturated rings. The summed E-state index contributed by atoms with van der Waals surface area (Å²) >= 11 is 0. The predicted octanol–water partition coefficient (Wildman–Crippen LogP) is 2.31. The first-order valence-corrected chi connectivity index (χ1v) is 9.16. The van der Waals surface area contributed by atoms with Crippen LogP contribution in [0.4, 0.5) is 5.82 Å². The van der Waals surface area contributed by atoms with Gasteiger partial charge in [0.15, 0.2) is 0 Å². The van der Waals surface area contributed by atoms with Crippen LogP contribution in [-0.4, -0.2) is 40.2 Å². The average molecular weight is 438 g/mol. The standard InChI is InChI=1S/C22H18N2O8/c1-31-22(30)17(12-5-3-2-4-6-12)32-13-9-7-11(8-10-13)14-15(20(26)27)18(23)24-19(25)16(14)21(28)29/h2-10,17H,1H3,(H,26,27)(H,28,29)(H3,23,24,25). The molecule has 32 heavy (non-hydrogen) atoms. The zero-order valence-electron chi connectivity index (χ0n) is 16.7. The van der Waals surface area contributed by atoms with E-state index in [4.69, 9.17) is 15.2 Å². The average Bonchev–Trinajstić information content (AvgIpc) is 2.76. The van der Waals surface area contributed by atoms with Gasteiger partial charge in [-0.15, -0.1) is 0 Å². The molecule has 10 nitrogen and oxygen atoms in total. The Bertz CT molecular complexity index is 1230. The Morgan fingerprint density at radius 1 is 0.938 bits per heavy atom. The number of ether oxygens (including phenoxy) is 2. The number of hydrogen-bond donors (Lipinski definition) is 4. The first-order chi connectivity index (χ1) is 15.2. The monoisotopic (exact) mass is 438 g/mol. The summed E-state index contributed by atoms with van der Waals surface area (Å²) in [5.74, 6) is -4.01. The minimum absolute atomic E-state index is 0.110. The van der Waals surface area contributed by atoms with Crippen molar-refractivity contribution >= 4 is 23.7 Å². The van der Waals surface area contributed by atoms with Gasteiger partial charge in [0.25, 0.3) is 5.56 Å². The van der Waals surface area contributed by atoms with Crippen molar-refractivity contribution < 1.29 is 34.1 Å². The van der Waals surface area contributed by atoms with Gasteiger partial charge in [0, 0.05) is 11.1 Å². The molecule has 0 radical (unpaired) electrons. The van der Waals surface area contributed by atoms with E-state index in [9.17, 15) is 29.4 Å². The third-order valence-electron chi connectivity index (χ3n) is 4.59. The lowest BCUT2D eigenvalue weighted by atomic mass is 9.95. The number of nitrogen functional groups attached to an aromatic ring is 1. The number of pyridine rings is 1. The number of methoxy groups -OCH3 is 1. The van der Waals surface area contributed by atoms with E-state index in [1.54, 1.807) is 30.3 Å². The summed E-state index contributed by atoms with van der Waals surface area (Å²) < 4.78 is 10.5. The zero-order valence-corrected chi connectivity index (χ0v) is 16.7. The van der Waals surface area contributed by atoms with Gasteiger partial charge in [-0.05, 0) is 17.7 Å². The molecule has 10 heteroatoms. The van der Waals surface area contributed by atoms with Crippen LogP contribution in [0.5, 0.6) is 5.75 Å². The van der Waals surface area contributed by atoms with E-state index in [0.29, 0.717) is 5.56 Å². The highest BCUT2D eigenvalue weighted by atomic mass is 16.6. The first-order valence-electron chi connectivity index (χ1n) is 9.16. The van der Waals surface area contributed by atoms with Crippen molar-refractivity contribution in [3.8, 4) is 16.9 Å². The molecule has 1 heterocycles. The number of carboxylic acids is 2. The molecule has 1 aromatic heterocycles. The maximum atomic E-state index is 12.2. The number of carboxylic acid groups (broad SMARTS) is 2. The molecule has 0 bridgehead atoms. The second-order valence-electron chi connectivity index (χ2n) is 6.56. The van der Waals surface area contributed by atoms with Crippen LogP contribution in [0.1, 0.15) is 32.4 Å². The maximum Gasteiger partial charge on any atom is 0.351 e. The summed E-state index contributed by atoms with van der Waals surface area (Å²) in [6.45, 7) is 0. The Kier molecular flexibility index (Phi) is 6.24. The van der Waals surface area contributed by atoms with Crippen LogP contribution in [0.3, 0.4) is 0 Å². The van der Waals surface area contributed by atoms with E-state index in [2.05, 4.69) is 0 Å². The van der Waals surface area contributed by atoms with E-state index in [1.807, 2.05) is 4.98 Å². The Labute approximate surface area is 180 Å². The van der Waals surface area contributed by atoms with Gasteiger partial charge in [-0.3, -0.25) is 4.79 Å². The molecule has 0 aliphatic rings. The Morgan fingerprint density at radius 3 is 2.06 bits per heavy atom. The molecule has 1 unspecified atom stereocenters. The Morgan fingerprint density at radius 2 is 1.53 bits per heavy atom. The van der Waals surface area contributed by atoms with Gasteiger partial charge < -0.3 is 30.4 Å². The van der Waals surface area contributed by atoms with Gasteiger partial charge in [0.1, 0.15) is 22.7 Å². The van der Waals surface area contributed by atoms with Crippen molar-refractivity contribution in [1.29, 1.82) is 0 Å². The summed E-state index contributed by atoms with van der Waals surface area (Å²) in [5, 5.41) is 19.0. The van der Waals surface area contributed by atoms with Gasteiger partial charge in [-0.25, -0.2) is 14.4 Å². The Balaban J connectivity index is 2.06. The molecule has 0 amide bonds. The number of carbonyl (C=O) groups is 3. The molecule has 0 saturated heterocycles. The molecule has 0 spiro atoms. The van der Waals surface area contributed by atoms with Crippen LogP contribution in [0.25, 0.3) is 11.1 Å². The molecule has 5 N–H and O–H groups in total. The topological polar surface area (TPSA) is 169 Å². The van der Waals surface area contributed by atoms with Crippen molar-refractivity contribution in [3.05, 3.63) is 81.6 Å². The fraction of sp³-hybridized carbons (Fsp3) is 0.0909. The number of carbonyl (C=O) groups excluding carboxylic acids is 1. The minimum atomic E-state index is -1.61. The van der Waals surface area contributed by atoms with Crippen molar-refractivity contribution in [2.75, 3.05) is 12.8 Å². The molecule has 3 rings (SSSR count). The zero-order chi connectivity index (χ0) is 23.4. The van der Waals surface area contributed by atoms with Crippen molar-refractivity contribution in [2.24, 2.45) is 0 Å². The van der Waals surface area contributed by atoms with Gasteiger partial charge in [-0.2, -0.15) is 0 Å². The number of rotatable bonds is 7. The fourth-order valence-corrected chi connectivity index (χ4v) is 3.16. The summed E-state index contributed by atoms with van der Waals surface area (Å²) in [6.07, 6.45) is -1.06. The molecular weight excluding hydrogens is 420 g/mol. The molecule has 0 aliphatic heterocycles. The number of aromatic carboxylic acids is 2. The van der Waals surface area contributed by atoms with E-state index >= 15 is 0 Å². The SMILES string of the molecule is COC(=O)C(Oc1ccc(-c2c(C(=O)O)c(N)[nH]c(=O)c2C(=O)O)cc1)c1ccccc1. The molecule has 1 atom stereocenters. The largest absolute Gasteiger partial charge is 0.478 e. The highest BCUT2D eigenvalue weighted by Gasteiger charge is 2.27. The third kappa shape index (κ3) is 4.29. The normalized spacial score (nSPS) is 11.4. The summed E-state index contributed by atoms with van der Waals surface area (Å²) in [4.78, 5) is 49.7. The first kappa shape index (κ1) is 22.1. The van der Waals surface area contributed by atoms with E-state index in [0.717, 1.165) is 0 Å². The number of benzene rings is 2. The lowest BCUT2D eigenvalue weighted by Crippen LogP contribution is -2.24. The predicted molar refractivity (Wildman–Crippen MR) is 113 cm³/mol. The van der Waals surface area contributed by atoms with Crippen LogP contribution >= 0.6 is 0 Å². The number of aromatic nitrogens is 1. The molecule has 2 aromatic carbocycles. The van der Waals surface area contributed by atoms with E-state index in [1.165, 1.54) is 31.4 Å². The molecular formula is C22H18N2O8. The Hall–Kier alpha value is -4.60.